The number of rotatable bonds is 5. The Kier molecular flexibility index (Phi) is 4.89. The molecule has 3 rings (SSSR count). The topological polar surface area (TPSA) is 49.8 Å². The summed E-state index contributed by atoms with van der Waals surface area (Å²) in [5.74, 6) is 0.587. The van der Waals surface area contributed by atoms with E-state index >= 15 is 0 Å². The largest absolute Gasteiger partial charge is 0.507 e. The van der Waals surface area contributed by atoms with Gasteiger partial charge in [-0.2, -0.15) is 0 Å². The molecule has 3 aromatic rings. The molecule has 0 atom stereocenters. The molecular formula is C21H21NO3. The number of benzene rings is 3. The summed E-state index contributed by atoms with van der Waals surface area (Å²) < 4.78 is 5.74. The number of carbonyl (C=O) groups is 1. The minimum atomic E-state index is -0.225. The lowest BCUT2D eigenvalue weighted by atomic mass is 10.1. The average molecular weight is 335 g/mol. The number of aryl methyl sites for hydroxylation is 1. The Morgan fingerprint density at radius 3 is 2.40 bits per heavy atom. The van der Waals surface area contributed by atoms with Crippen molar-refractivity contribution in [3.05, 3.63) is 71.8 Å². The molecule has 1 amide bonds. The highest BCUT2D eigenvalue weighted by Gasteiger charge is 2.16. The third-order valence-corrected chi connectivity index (χ3v) is 4.22. The van der Waals surface area contributed by atoms with Crippen molar-refractivity contribution in [1.82, 2.24) is 4.90 Å². The van der Waals surface area contributed by atoms with E-state index in [1.165, 1.54) is 0 Å². The molecule has 0 aliphatic rings. The van der Waals surface area contributed by atoms with Gasteiger partial charge < -0.3 is 14.7 Å². The first kappa shape index (κ1) is 16.8. The first-order valence-electron chi connectivity index (χ1n) is 8.22. The second-order valence-electron chi connectivity index (χ2n) is 6.06. The summed E-state index contributed by atoms with van der Waals surface area (Å²) >= 11 is 0. The Hall–Kier alpha value is -3.01. The first-order chi connectivity index (χ1) is 12.1. The molecule has 4 nitrogen and oxygen atoms in total. The summed E-state index contributed by atoms with van der Waals surface area (Å²) in [5, 5.41) is 12.0. The predicted octanol–water partition coefficient (Wildman–Crippen LogP) is 4.00. The van der Waals surface area contributed by atoms with Crippen LogP contribution in [0.3, 0.4) is 0 Å². The fourth-order valence-corrected chi connectivity index (χ4v) is 2.72. The summed E-state index contributed by atoms with van der Waals surface area (Å²) in [7, 11) is 1.71. The molecule has 4 heteroatoms. The highest BCUT2D eigenvalue weighted by atomic mass is 16.5. The van der Waals surface area contributed by atoms with Crippen LogP contribution < -0.4 is 4.74 Å². The van der Waals surface area contributed by atoms with Crippen LogP contribution in [0, 0.1) is 6.92 Å². The minimum Gasteiger partial charge on any atom is -0.507 e. The molecule has 128 valence electrons. The predicted molar refractivity (Wildman–Crippen MR) is 99.2 cm³/mol. The fourth-order valence-electron chi connectivity index (χ4n) is 2.72. The van der Waals surface area contributed by atoms with Gasteiger partial charge in [-0.15, -0.1) is 0 Å². The van der Waals surface area contributed by atoms with Crippen LogP contribution in [0.4, 0.5) is 0 Å². The molecule has 0 fully saturated rings. The summed E-state index contributed by atoms with van der Waals surface area (Å²) in [6.07, 6.45) is 0. The van der Waals surface area contributed by atoms with Crippen LogP contribution in [0.1, 0.15) is 15.9 Å². The molecule has 0 radical (unpaired) electrons. The number of hydrogen-bond donors (Lipinski definition) is 1. The van der Waals surface area contributed by atoms with Crippen molar-refractivity contribution in [3.63, 3.8) is 0 Å². The maximum Gasteiger partial charge on any atom is 0.257 e. The van der Waals surface area contributed by atoms with Crippen LogP contribution in [0.15, 0.2) is 60.7 Å². The highest BCUT2D eigenvalue weighted by Crippen LogP contribution is 2.26. The monoisotopic (exact) mass is 335 g/mol. The van der Waals surface area contributed by atoms with Crippen LogP contribution >= 0.6 is 0 Å². The number of amides is 1. The van der Waals surface area contributed by atoms with E-state index in [0.29, 0.717) is 18.7 Å². The number of phenolic OH excluding ortho intramolecular Hbond substituents is 1. The summed E-state index contributed by atoms with van der Waals surface area (Å²) in [6, 6.07) is 18.8. The molecule has 0 aliphatic heterocycles. The van der Waals surface area contributed by atoms with Crippen molar-refractivity contribution in [2.45, 2.75) is 6.92 Å². The molecule has 0 heterocycles. The van der Waals surface area contributed by atoms with E-state index in [1.807, 2.05) is 55.5 Å². The van der Waals surface area contributed by atoms with Crippen LogP contribution in [-0.4, -0.2) is 36.1 Å². The lowest BCUT2D eigenvalue weighted by molar-refractivity contribution is 0.0771. The van der Waals surface area contributed by atoms with Crippen molar-refractivity contribution in [1.29, 1.82) is 0 Å². The lowest BCUT2D eigenvalue weighted by Crippen LogP contribution is -2.31. The van der Waals surface area contributed by atoms with Gasteiger partial charge in [0, 0.05) is 7.05 Å². The van der Waals surface area contributed by atoms with Gasteiger partial charge in [0.15, 0.2) is 0 Å². The van der Waals surface area contributed by atoms with E-state index in [1.54, 1.807) is 24.1 Å². The minimum absolute atomic E-state index is 0.00429. The standard InChI is InChI=1S/C21H21NO3/c1-15-7-3-6-10-20(15)25-12-11-22(2)21(24)18-13-16-8-4-5-9-17(16)14-19(18)23/h3-10,13-14,23H,11-12H2,1-2H3. The maximum atomic E-state index is 12.6. The van der Waals surface area contributed by atoms with E-state index in [4.69, 9.17) is 4.74 Å². The Bertz CT molecular complexity index is 905. The highest BCUT2D eigenvalue weighted by molar-refractivity contribution is 6.01. The van der Waals surface area contributed by atoms with Crippen molar-refractivity contribution < 1.29 is 14.6 Å². The van der Waals surface area contributed by atoms with E-state index in [0.717, 1.165) is 22.1 Å². The number of hydrogen-bond acceptors (Lipinski definition) is 3. The Morgan fingerprint density at radius 1 is 1.04 bits per heavy atom. The van der Waals surface area contributed by atoms with Crippen LogP contribution in [-0.2, 0) is 0 Å². The number of phenols is 1. The second kappa shape index (κ2) is 7.26. The SMILES string of the molecule is Cc1ccccc1OCCN(C)C(=O)c1cc2ccccc2cc1O. The van der Waals surface area contributed by atoms with Gasteiger partial charge in [0.1, 0.15) is 18.1 Å². The Morgan fingerprint density at radius 2 is 1.68 bits per heavy atom. The zero-order valence-corrected chi connectivity index (χ0v) is 14.4. The molecule has 1 N–H and O–H groups in total. The van der Waals surface area contributed by atoms with Crippen molar-refractivity contribution >= 4 is 16.7 Å². The summed E-state index contributed by atoms with van der Waals surface area (Å²) in [6.45, 7) is 2.80. The van der Waals surface area contributed by atoms with Crippen LogP contribution in [0.25, 0.3) is 10.8 Å². The third kappa shape index (κ3) is 3.74. The Labute approximate surface area is 147 Å². The zero-order chi connectivity index (χ0) is 17.8. The van der Waals surface area contributed by atoms with Crippen molar-refractivity contribution in [3.8, 4) is 11.5 Å². The number of nitrogens with zero attached hydrogens (tertiary/aromatic N) is 1. The van der Waals surface area contributed by atoms with Gasteiger partial charge in [0.2, 0.25) is 0 Å². The molecule has 0 unspecified atom stereocenters. The fraction of sp³-hybridized carbons (Fsp3) is 0.190. The molecule has 0 aromatic heterocycles. The second-order valence-corrected chi connectivity index (χ2v) is 6.06. The first-order valence-corrected chi connectivity index (χ1v) is 8.22. The molecule has 0 spiro atoms. The molecule has 0 saturated heterocycles. The zero-order valence-electron chi connectivity index (χ0n) is 14.4. The number of carbonyl (C=O) groups excluding carboxylic acids is 1. The van der Waals surface area contributed by atoms with Gasteiger partial charge in [-0.25, -0.2) is 0 Å². The number of ether oxygens (including phenoxy) is 1. The van der Waals surface area contributed by atoms with Crippen LogP contribution in [0.2, 0.25) is 0 Å². The Balaban J connectivity index is 1.68. The lowest BCUT2D eigenvalue weighted by Gasteiger charge is -2.19. The number of likely N-dealkylation sites (N-methyl/N-ethyl adjacent to an activating group) is 1. The van der Waals surface area contributed by atoms with E-state index in [2.05, 4.69) is 0 Å². The van der Waals surface area contributed by atoms with Gasteiger partial charge in [0.05, 0.1) is 12.1 Å². The molecule has 25 heavy (non-hydrogen) atoms. The maximum absolute atomic E-state index is 12.6. The van der Waals surface area contributed by atoms with E-state index in [-0.39, 0.29) is 11.7 Å². The van der Waals surface area contributed by atoms with E-state index in [9.17, 15) is 9.90 Å². The third-order valence-electron chi connectivity index (χ3n) is 4.22. The quantitative estimate of drug-likeness (QED) is 0.766. The number of fused-ring (bicyclic) bond motifs is 1. The van der Waals surface area contributed by atoms with Gasteiger partial charge in [-0.3, -0.25) is 4.79 Å². The van der Waals surface area contributed by atoms with Gasteiger partial charge in [-0.1, -0.05) is 42.5 Å². The van der Waals surface area contributed by atoms with Crippen molar-refractivity contribution in [2.24, 2.45) is 0 Å². The van der Waals surface area contributed by atoms with Gasteiger partial charge in [0.25, 0.3) is 5.91 Å². The van der Waals surface area contributed by atoms with Crippen LogP contribution in [0.5, 0.6) is 11.5 Å². The molecule has 0 aliphatic carbocycles. The van der Waals surface area contributed by atoms with Gasteiger partial charge >= 0.3 is 0 Å². The number of para-hydroxylation sites is 1. The molecular weight excluding hydrogens is 314 g/mol. The van der Waals surface area contributed by atoms with Crippen molar-refractivity contribution in [2.75, 3.05) is 20.2 Å². The van der Waals surface area contributed by atoms with E-state index < -0.39 is 0 Å². The number of aromatic hydroxyl groups is 1. The molecule has 3 aromatic carbocycles. The molecule has 0 saturated carbocycles. The van der Waals surface area contributed by atoms with Gasteiger partial charge in [-0.05, 0) is 41.5 Å². The smallest absolute Gasteiger partial charge is 0.257 e. The average Bonchev–Trinajstić information content (AvgIpc) is 2.62. The summed E-state index contributed by atoms with van der Waals surface area (Å²) in [5.41, 5.74) is 1.36. The summed E-state index contributed by atoms with van der Waals surface area (Å²) in [4.78, 5) is 14.2. The normalized spacial score (nSPS) is 10.6. The molecule has 0 bridgehead atoms.